The second-order valence-corrected chi connectivity index (χ2v) is 4.97. The van der Waals surface area contributed by atoms with Crippen LogP contribution in [0.15, 0.2) is 15.8 Å². The smallest absolute Gasteiger partial charge is 0.328 e. The van der Waals surface area contributed by atoms with Crippen LogP contribution in [0.5, 0.6) is 0 Å². The van der Waals surface area contributed by atoms with Gasteiger partial charge in [-0.05, 0) is 12.8 Å². The molecular weight excluding hydrogens is 290 g/mol. The van der Waals surface area contributed by atoms with E-state index in [1.807, 2.05) is 4.98 Å². The highest BCUT2D eigenvalue weighted by Crippen LogP contribution is 2.28. The van der Waals surface area contributed by atoms with Crippen molar-refractivity contribution in [2.24, 2.45) is 5.92 Å². The van der Waals surface area contributed by atoms with Gasteiger partial charge in [0.1, 0.15) is 11.1 Å². The third-order valence-corrected chi connectivity index (χ3v) is 3.18. The van der Waals surface area contributed by atoms with Crippen LogP contribution < -0.4 is 16.6 Å². The van der Waals surface area contributed by atoms with E-state index >= 15 is 0 Å². The number of aromatic amines is 1. The molecule has 3 N–H and O–H groups in total. The monoisotopic (exact) mass is 301 g/mol. The number of aromatic nitrogens is 2. The van der Waals surface area contributed by atoms with Crippen LogP contribution in [0.2, 0.25) is 5.02 Å². The molecule has 0 spiro atoms. The Labute approximate surface area is 117 Å². The van der Waals surface area contributed by atoms with Gasteiger partial charge in [0.2, 0.25) is 5.91 Å². The molecule has 9 heteroatoms. The summed E-state index contributed by atoms with van der Waals surface area (Å²) in [5.74, 6) is -1.76. The third-order valence-electron chi connectivity index (χ3n) is 2.91. The Morgan fingerprint density at radius 2 is 2.15 bits per heavy atom. The molecule has 2 rings (SSSR count). The molecule has 1 amide bonds. The SMILES string of the molecule is O=C(NC(Cn1cc(Cl)c(=O)[nH]c1=O)C(=O)O)C1CC1. The minimum absolute atomic E-state index is 0.146. The van der Waals surface area contributed by atoms with Gasteiger partial charge in [0.15, 0.2) is 0 Å². The minimum atomic E-state index is -1.27. The number of carbonyl (C=O) groups is 2. The number of H-pyrrole nitrogens is 1. The topological polar surface area (TPSA) is 121 Å². The lowest BCUT2D eigenvalue weighted by molar-refractivity contribution is -0.142. The molecular formula is C11H12ClN3O5. The largest absolute Gasteiger partial charge is 0.480 e. The van der Waals surface area contributed by atoms with Gasteiger partial charge < -0.3 is 10.4 Å². The maximum absolute atomic E-state index is 11.6. The van der Waals surface area contributed by atoms with Crippen LogP contribution in [0.3, 0.4) is 0 Å². The summed E-state index contributed by atoms with van der Waals surface area (Å²) < 4.78 is 0.940. The molecule has 20 heavy (non-hydrogen) atoms. The predicted octanol–water partition coefficient (Wildman–Crippen LogP) is -0.831. The van der Waals surface area contributed by atoms with Crippen LogP contribution in [-0.4, -0.2) is 32.6 Å². The van der Waals surface area contributed by atoms with Crippen molar-refractivity contribution in [3.8, 4) is 0 Å². The maximum atomic E-state index is 11.6. The van der Waals surface area contributed by atoms with E-state index in [-0.39, 0.29) is 23.4 Å². The van der Waals surface area contributed by atoms with E-state index in [4.69, 9.17) is 16.7 Å². The van der Waals surface area contributed by atoms with Gasteiger partial charge in [-0.25, -0.2) is 9.59 Å². The summed E-state index contributed by atoms with van der Waals surface area (Å²) in [7, 11) is 0. The zero-order valence-electron chi connectivity index (χ0n) is 10.3. The number of aliphatic carboxylic acids is 1. The second-order valence-electron chi connectivity index (χ2n) is 4.56. The number of amides is 1. The molecule has 0 aliphatic heterocycles. The highest BCUT2D eigenvalue weighted by atomic mass is 35.5. The molecule has 108 valence electrons. The van der Waals surface area contributed by atoms with Crippen LogP contribution in [0.1, 0.15) is 12.8 Å². The standard InChI is InChI=1S/C11H12ClN3O5/c12-6-3-15(11(20)14-9(6)17)4-7(10(18)19)13-8(16)5-1-2-5/h3,5,7H,1-2,4H2,(H,13,16)(H,18,19)(H,14,17,20). The molecule has 1 heterocycles. The molecule has 8 nitrogen and oxygen atoms in total. The highest BCUT2D eigenvalue weighted by Gasteiger charge is 2.32. The quantitative estimate of drug-likeness (QED) is 0.655. The lowest BCUT2D eigenvalue weighted by atomic mass is 10.2. The predicted molar refractivity (Wildman–Crippen MR) is 68.6 cm³/mol. The van der Waals surface area contributed by atoms with Crippen molar-refractivity contribution < 1.29 is 14.7 Å². The molecule has 0 aromatic carbocycles. The lowest BCUT2D eigenvalue weighted by Gasteiger charge is -2.15. The van der Waals surface area contributed by atoms with Gasteiger partial charge >= 0.3 is 11.7 Å². The number of nitrogens with zero attached hydrogens (tertiary/aromatic N) is 1. The molecule has 1 aliphatic rings. The van der Waals surface area contributed by atoms with Gasteiger partial charge in [-0.15, -0.1) is 0 Å². The first-order valence-electron chi connectivity index (χ1n) is 5.91. The first kappa shape index (κ1) is 14.3. The normalized spacial score (nSPS) is 15.7. The van der Waals surface area contributed by atoms with E-state index in [1.165, 1.54) is 0 Å². The number of rotatable bonds is 5. The first-order chi connectivity index (χ1) is 9.38. The van der Waals surface area contributed by atoms with Crippen LogP contribution in [0.4, 0.5) is 0 Å². The Morgan fingerprint density at radius 3 is 2.70 bits per heavy atom. The van der Waals surface area contributed by atoms with Crippen molar-refractivity contribution >= 4 is 23.5 Å². The van der Waals surface area contributed by atoms with E-state index in [2.05, 4.69) is 5.32 Å². The number of halogens is 1. The third kappa shape index (κ3) is 3.27. The van der Waals surface area contributed by atoms with Gasteiger partial charge in [-0.2, -0.15) is 0 Å². The molecule has 1 aromatic heterocycles. The van der Waals surface area contributed by atoms with Crippen molar-refractivity contribution in [2.45, 2.75) is 25.4 Å². The highest BCUT2D eigenvalue weighted by molar-refractivity contribution is 6.30. The molecule has 1 aliphatic carbocycles. The zero-order chi connectivity index (χ0) is 14.9. The number of hydrogen-bond acceptors (Lipinski definition) is 4. The Balaban J connectivity index is 2.17. The van der Waals surface area contributed by atoms with Crippen molar-refractivity contribution in [1.82, 2.24) is 14.9 Å². The molecule has 0 radical (unpaired) electrons. The number of carboxylic acid groups (broad SMARTS) is 1. The lowest BCUT2D eigenvalue weighted by Crippen LogP contribution is -2.46. The van der Waals surface area contributed by atoms with Gasteiger partial charge in [-0.3, -0.25) is 19.1 Å². The van der Waals surface area contributed by atoms with Crippen molar-refractivity contribution in [2.75, 3.05) is 0 Å². The zero-order valence-corrected chi connectivity index (χ0v) is 11.0. The summed E-state index contributed by atoms with van der Waals surface area (Å²) in [5.41, 5.74) is -1.53. The summed E-state index contributed by atoms with van der Waals surface area (Å²) in [6, 6.07) is -1.26. The molecule has 1 atom stereocenters. The molecule has 1 aromatic rings. The van der Waals surface area contributed by atoms with Gasteiger partial charge in [0.05, 0.1) is 6.54 Å². The molecule has 1 saturated carbocycles. The Kier molecular flexibility index (Phi) is 3.93. The van der Waals surface area contributed by atoms with E-state index in [0.29, 0.717) is 0 Å². The van der Waals surface area contributed by atoms with Crippen LogP contribution in [0, 0.1) is 5.92 Å². The van der Waals surface area contributed by atoms with Gasteiger partial charge in [0.25, 0.3) is 5.56 Å². The van der Waals surface area contributed by atoms with E-state index in [0.717, 1.165) is 23.6 Å². The van der Waals surface area contributed by atoms with E-state index in [1.54, 1.807) is 0 Å². The summed E-state index contributed by atoms with van der Waals surface area (Å²) in [4.78, 5) is 47.3. The van der Waals surface area contributed by atoms with Crippen LogP contribution in [0.25, 0.3) is 0 Å². The van der Waals surface area contributed by atoms with Gasteiger partial charge in [-0.1, -0.05) is 11.6 Å². The summed E-state index contributed by atoms with van der Waals surface area (Å²) in [6.45, 7) is -0.316. The minimum Gasteiger partial charge on any atom is -0.480 e. The van der Waals surface area contributed by atoms with Crippen molar-refractivity contribution in [1.29, 1.82) is 0 Å². The number of carboxylic acids is 1. The first-order valence-corrected chi connectivity index (χ1v) is 6.28. The van der Waals surface area contributed by atoms with Crippen LogP contribution >= 0.6 is 11.6 Å². The number of hydrogen-bond donors (Lipinski definition) is 3. The fourth-order valence-electron chi connectivity index (χ4n) is 1.64. The molecule has 0 bridgehead atoms. The van der Waals surface area contributed by atoms with Crippen molar-refractivity contribution in [3.63, 3.8) is 0 Å². The molecule has 1 fully saturated rings. The second kappa shape index (κ2) is 5.49. The summed E-state index contributed by atoms with van der Waals surface area (Å²) in [6.07, 6.45) is 2.52. The van der Waals surface area contributed by atoms with Crippen molar-refractivity contribution in [3.05, 3.63) is 32.1 Å². The Bertz CT molecular complexity index is 661. The summed E-state index contributed by atoms with van der Waals surface area (Å²) in [5, 5.41) is 11.2. The fraction of sp³-hybridized carbons (Fsp3) is 0.455. The van der Waals surface area contributed by atoms with Gasteiger partial charge in [0, 0.05) is 12.1 Å². The van der Waals surface area contributed by atoms with E-state index < -0.39 is 23.3 Å². The average Bonchev–Trinajstić information content (AvgIpc) is 3.18. The number of carbonyl (C=O) groups excluding carboxylic acids is 1. The fourth-order valence-corrected chi connectivity index (χ4v) is 1.80. The maximum Gasteiger partial charge on any atom is 0.328 e. The van der Waals surface area contributed by atoms with Crippen LogP contribution in [-0.2, 0) is 16.1 Å². The average molecular weight is 302 g/mol. The molecule has 1 unspecified atom stereocenters. The molecule has 0 saturated heterocycles. The summed E-state index contributed by atoms with van der Waals surface area (Å²) >= 11 is 5.58. The Hall–Kier alpha value is -2.09. The Morgan fingerprint density at radius 1 is 1.50 bits per heavy atom. The van der Waals surface area contributed by atoms with E-state index in [9.17, 15) is 19.2 Å². The number of nitrogens with one attached hydrogen (secondary N) is 2.